The summed E-state index contributed by atoms with van der Waals surface area (Å²) in [5, 5.41) is 13.8. The fourth-order valence-electron chi connectivity index (χ4n) is 2.08. The van der Waals surface area contributed by atoms with Crippen LogP contribution in [0.25, 0.3) is 0 Å². The molecule has 0 saturated carbocycles. The summed E-state index contributed by atoms with van der Waals surface area (Å²) in [5.41, 5.74) is 1.52. The molecular weight excluding hydrogens is 318 g/mol. The Kier molecular flexibility index (Phi) is 6.08. The number of halogens is 2. The second-order valence-electron chi connectivity index (χ2n) is 5.07. The maximum absolute atomic E-state index is 13.7. The van der Waals surface area contributed by atoms with Crippen LogP contribution in [-0.2, 0) is 13.0 Å². The molecule has 0 saturated heterocycles. The van der Waals surface area contributed by atoms with E-state index in [4.69, 9.17) is 5.11 Å². The van der Waals surface area contributed by atoms with Crippen LogP contribution in [-0.4, -0.2) is 24.8 Å². The van der Waals surface area contributed by atoms with Gasteiger partial charge in [0.1, 0.15) is 0 Å². The molecule has 5 nitrogen and oxygen atoms in total. The topological polar surface area (TPSA) is 70.6 Å². The van der Waals surface area contributed by atoms with Gasteiger partial charge < -0.3 is 20.5 Å². The van der Waals surface area contributed by atoms with Crippen LogP contribution in [0, 0.1) is 11.6 Å². The predicted molar refractivity (Wildman–Crippen MR) is 86.0 cm³/mol. The monoisotopic (exact) mass is 336 g/mol. The first-order chi connectivity index (χ1) is 11.5. The lowest BCUT2D eigenvalue weighted by Gasteiger charge is -2.10. The first-order valence-corrected chi connectivity index (χ1v) is 7.30. The van der Waals surface area contributed by atoms with Crippen molar-refractivity contribution in [2.45, 2.75) is 13.0 Å². The molecule has 0 spiro atoms. The van der Waals surface area contributed by atoms with Crippen molar-refractivity contribution < 1.29 is 23.4 Å². The van der Waals surface area contributed by atoms with Gasteiger partial charge in [-0.05, 0) is 17.5 Å². The van der Waals surface area contributed by atoms with E-state index in [1.54, 1.807) is 12.1 Å². The van der Waals surface area contributed by atoms with Gasteiger partial charge in [-0.1, -0.05) is 24.3 Å². The van der Waals surface area contributed by atoms with E-state index in [1.165, 1.54) is 7.11 Å². The molecule has 2 aromatic rings. The van der Waals surface area contributed by atoms with Crippen molar-refractivity contribution in [3.8, 4) is 5.75 Å². The average Bonchev–Trinajstić information content (AvgIpc) is 2.58. The summed E-state index contributed by atoms with van der Waals surface area (Å²) >= 11 is 0. The summed E-state index contributed by atoms with van der Waals surface area (Å²) in [4.78, 5) is 11.7. The molecule has 0 aromatic heterocycles. The Morgan fingerprint density at radius 1 is 1.12 bits per heavy atom. The van der Waals surface area contributed by atoms with Crippen LogP contribution >= 0.6 is 0 Å². The van der Waals surface area contributed by atoms with Gasteiger partial charge in [-0.3, -0.25) is 0 Å². The number of aliphatic hydroxyl groups is 1. The third kappa shape index (κ3) is 4.66. The molecule has 0 aliphatic carbocycles. The highest BCUT2D eigenvalue weighted by atomic mass is 19.1. The van der Waals surface area contributed by atoms with Crippen molar-refractivity contribution in [2.75, 3.05) is 19.0 Å². The molecule has 7 heteroatoms. The smallest absolute Gasteiger partial charge is 0.319 e. The molecule has 24 heavy (non-hydrogen) atoms. The first-order valence-electron chi connectivity index (χ1n) is 7.30. The van der Waals surface area contributed by atoms with Gasteiger partial charge in [-0.2, -0.15) is 0 Å². The summed E-state index contributed by atoms with van der Waals surface area (Å²) in [6, 6.07) is 8.39. The summed E-state index contributed by atoms with van der Waals surface area (Å²) < 4.78 is 31.9. The minimum atomic E-state index is -0.789. The van der Waals surface area contributed by atoms with Crippen molar-refractivity contribution in [2.24, 2.45) is 0 Å². The van der Waals surface area contributed by atoms with E-state index in [9.17, 15) is 13.6 Å². The lowest BCUT2D eigenvalue weighted by molar-refractivity contribution is 0.252. The zero-order valence-corrected chi connectivity index (χ0v) is 13.1. The van der Waals surface area contributed by atoms with Crippen LogP contribution in [0.15, 0.2) is 36.4 Å². The number of methoxy groups -OCH3 is 1. The Labute approximate surface area is 138 Å². The molecule has 0 aliphatic rings. The van der Waals surface area contributed by atoms with Gasteiger partial charge in [-0.25, -0.2) is 13.6 Å². The van der Waals surface area contributed by atoms with Gasteiger partial charge in [0.2, 0.25) is 0 Å². The molecule has 3 N–H and O–H groups in total. The van der Waals surface area contributed by atoms with E-state index in [0.29, 0.717) is 13.0 Å². The highest BCUT2D eigenvalue weighted by Crippen LogP contribution is 2.24. The van der Waals surface area contributed by atoms with E-state index in [0.717, 1.165) is 23.3 Å². The van der Waals surface area contributed by atoms with Gasteiger partial charge >= 0.3 is 6.03 Å². The number of amides is 2. The summed E-state index contributed by atoms with van der Waals surface area (Å²) in [6.45, 7) is 0.301. The van der Waals surface area contributed by atoms with Gasteiger partial charge in [0.25, 0.3) is 0 Å². The minimum absolute atomic E-state index is 0.0229. The number of aliphatic hydroxyl groups excluding tert-OH is 1. The third-order valence-corrected chi connectivity index (χ3v) is 3.39. The zero-order chi connectivity index (χ0) is 17.5. The van der Waals surface area contributed by atoms with E-state index in [2.05, 4.69) is 15.4 Å². The van der Waals surface area contributed by atoms with Crippen molar-refractivity contribution in [1.82, 2.24) is 5.32 Å². The Hall–Kier alpha value is -2.67. The third-order valence-electron chi connectivity index (χ3n) is 3.39. The summed E-state index contributed by atoms with van der Waals surface area (Å²) in [5.74, 6) is -1.79. The molecule has 0 bridgehead atoms. The molecule has 2 rings (SSSR count). The summed E-state index contributed by atoms with van der Waals surface area (Å²) in [6.07, 6.45) is 0.568. The van der Waals surface area contributed by atoms with E-state index in [1.807, 2.05) is 12.1 Å². The molecule has 2 aromatic carbocycles. The summed E-state index contributed by atoms with van der Waals surface area (Å²) in [7, 11) is 1.23. The second-order valence-corrected chi connectivity index (χ2v) is 5.07. The van der Waals surface area contributed by atoms with E-state index in [-0.39, 0.29) is 18.0 Å². The molecule has 0 unspecified atom stereocenters. The molecule has 0 fully saturated rings. The Bertz CT molecular complexity index is 706. The van der Waals surface area contributed by atoms with Crippen molar-refractivity contribution in [1.29, 1.82) is 0 Å². The first kappa shape index (κ1) is 17.7. The maximum Gasteiger partial charge on any atom is 0.319 e. The van der Waals surface area contributed by atoms with Crippen LogP contribution in [0.3, 0.4) is 0 Å². The lowest BCUT2D eigenvalue weighted by atomic mass is 10.1. The Morgan fingerprint density at radius 2 is 1.79 bits per heavy atom. The average molecular weight is 336 g/mol. The zero-order valence-electron chi connectivity index (χ0n) is 13.1. The maximum atomic E-state index is 13.7. The number of hydrogen-bond donors (Lipinski definition) is 3. The number of ether oxygens (including phenoxy) is 1. The second kappa shape index (κ2) is 8.26. The number of urea groups is 1. The molecule has 2 amide bonds. The Balaban J connectivity index is 1.86. The molecular formula is C17H18F2N2O3. The minimum Gasteiger partial charge on any atom is -0.494 e. The quantitative estimate of drug-likeness (QED) is 0.760. The fraction of sp³-hybridized carbons (Fsp3) is 0.235. The van der Waals surface area contributed by atoms with E-state index < -0.39 is 17.7 Å². The van der Waals surface area contributed by atoms with Gasteiger partial charge in [0.15, 0.2) is 17.4 Å². The molecule has 0 atom stereocenters. The van der Waals surface area contributed by atoms with Crippen LogP contribution in [0.5, 0.6) is 5.75 Å². The molecule has 0 aliphatic heterocycles. The van der Waals surface area contributed by atoms with Crippen LogP contribution in [0.2, 0.25) is 0 Å². The highest BCUT2D eigenvalue weighted by molar-refractivity contribution is 5.89. The number of benzene rings is 2. The number of anilines is 1. The standard InChI is InChI=1S/C17H18F2N2O3/c1-24-16-9-13(18)15(8-14(16)19)21-17(23)20-7-6-11-2-4-12(10-22)5-3-11/h2-5,8-9,22H,6-7,10H2,1H3,(H2,20,21,23). The molecule has 0 radical (unpaired) electrons. The van der Waals surface area contributed by atoms with Gasteiger partial charge in [0, 0.05) is 18.7 Å². The van der Waals surface area contributed by atoms with Crippen molar-refractivity contribution in [3.63, 3.8) is 0 Å². The number of carbonyl (C=O) groups is 1. The number of rotatable bonds is 6. The molecule has 0 heterocycles. The van der Waals surface area contributed by atoms with Crippen LogP contribution in [0.1, 0.15) is 11.1 Å². The van der Waals surface area contributed by atoms with Crippen molar-refractivity contribution in [3.05, 3.63) is 59.2 Å². The van der Waals surface area contributed by atoms with Crippen molar-refractivity contribution >= 4 is 11.7 Å². The number of carbonyl (C=O) groups excluding carboxylic acids is 1. The number of nitrogens with one attached hydrogen (secondary N) is 2. The molecule has 128 valence electrons. The fourth-order valence-corrected chi connectivity index (χ4v) is 2.08. The largest absolute Gasteiger partial charge is 0.494 e. The van der Waals surface area contributed by atoms with E-state index >= 15 is 0 Å². The van der Waals surface area contributed by atoms with Crippen LogP contribution in [0.4, 0.5) is 19.3 Å². The SMILES string of the molecule is COc1cc(F)c(NC(=O)NCCc2ccc(CO)cc2)cc1F. The highest BCUT2D eigenvalue weighted by Gasteiger charge is 2.12. The van der Waals surface area contributed by atoms with Gasteiger partial charge in [-0.15, -0.1) is 0 Å². The lowest BCUT2D eigenvalue weighted by Crippen LogP contribution is -2.30. The predicted octanol–water partition coefficient (Wildman–Crippen LogP) is 2.83. The number of hydrogen-bond acceptors (Lipinski definition) is 3. The van der Waals surface area contributed by atoms with Crippen LogP contribution < -0.4 is 15.4 Å². The Morgan fingerprint density at radius 3 is 2.42 bits per heavy atom. The van der Waals surface area contributed by atoms with Gasteiger partial charge in [0.05, 0.1) is 19.4 Å². The normalized spacial score (nSPS) is 10.3.